The molecule has 1 unspecified atom stereocenters. The molecule has 0 saturated carbocycles. The van der Waals surface area contributed by atoms with Crippen LogP contribution in [0.25, 0.3) is 5.69 Å². The first-order valence-electron chi connectivity index (χ1n) is 12.0. The van der Waals surface area contributed by atoms with Gasteiger partial charge in [0.05, 0.1) is 29.0 Å². The van der Waals surface area contributed by atoms with E-state index in [4.69, 9.17) is 9.84 Å². The van der Waals surface area contributed by atoms with Crippen molar-refractivity contribution in [3.8, 4) is 5.69 Å². The molecule has 7 nitrogen and oxygen atoms in total. The number of amides is 2. The predicted octanol–water partition coefficient (Wildman–Crippen LogP) is 4.78. The number of fused-ring (bicyclic) bond motifs is 1. The quantitative estimate of drug-likeness (QED) is 0.449. The van der Waals surface area contributed by atoms with Crippen molar-refractivity contribution in [1.29, 1.82) is 0 Å². The van der Waals surface area contributed by atoms with Gasteiger partial charge in [-0.15, -0.1) is 23.1 Å². The van der Waals surface area contributed by atoms with E-state index >= 15 is 0 Å². The van der Waals surface area contributed by atoms with E-state index in [0.29, 0.717) is 19.0 Å². The van der Waals surface area contributed by atoms with Crippen LogP contribution < -0.4 is 10.2 Å². The Morgan fingerprint density at radius 2 is 2.00 bits per heavy atom. The Bertz CT molecular complexity index is 1240. The molecule has 0 fully saturated rings. The van der Waals surface area contributed by atoms with Gasteiger partial charge in [0, 0.05) is 29.5 Å². The fourth-order valence-corrected chi connectivity index (χ4v) is 6.54. The fourth-order valence-electron chi connectivity index (χ4n) is 4.36. The number of anilines is 1. The zero-order valence-electron chi connectivity index (χ0n) is 21.8. The van der Waals surface area contributed by atoms with Crippen molar-refractivity contribution in [2.75, 3.05) is 37.5 Å². The highest BCUT2D eigenvalue weighted by atomic mass is 32.2. The maximum atomic E-state index is 13.6. The number of hydrogen-bond donors (Lipinski definition) is 1. The van der Waals surface area contributed by atoms with Gasteiger partial charge in [0.1, 0.15) is 12.4 Å². The molecule has 36 heavy (non-hydrogen) atoms. The summed E-state index contributed by atoms with van der Waals surface area (Å²) in [4.78, 5) is 29.4. The Morgan fingerprint density at radius 3 is 2.67 bits per heavy atom. The van der Waals surface area contributed by atoms with Gasteiger partial charge in [0.15, 0.2) is 0 Å². The molecule has 0 aliphatic carbocycles. The smallest absolute Gasteiger partial charge is 0.240 e. The third-order valence-electron chi connectivity index (χ3n) is 6.34. The summed E-state index contributed by atoms with van der Waals surface area (Å²) in [6, 6.07) is 10.3. The summed E-state index contributed by atoms with van der Waals surface area (Å²) in [5.41, 5.74) is 4.81. The predicted molar refractivity (Wildman–Crippen MR) is 148 cm³/mol. The number of carbonyl (C=O) groups excluding carboxylic acids is 2. The van der Waals surface area contributed by atoms with Crippen molar-refractivity contribution in [3.05, 3.63) is 63.0 Å². The van der Waals surface area contributed by atoms with Crippen LogP contribution >= 0.6 is 23.1 Å². The summed E-state index contributed by atoms with van der Waals surface area (Å²) in [5, 5.41) is 10.0. The summed E-state index contributed by atoms with van der Waals surface area (Å²) in [7, 11) is 1.59. The second kappa shape index (κ2) is 10.8. The molecule has 0 saturated heterocycles. The molecular formula is C27H34N4O3S2. The first-order chi connectivity index (χ1) is 17.1. The minimum Gasteiger partial charge on any atom is -0.383 e. The summed E-state index contributed by atoms with van der Waals surface area (Å²) >= 11 is 3.29. The third-order valence-corrected chi connectivity index (χ3v) is 8.66. The average molecular weight is 527 g/mol. The fraction of sp³-hybridized carbons (Fsp3) is 0.444. The van der Waals surface area contributed by atoms with Gasteiger partial charge >= 0.3 is 0 Å². The van der Waals surface area contributed by atoms with Crippen LogP contribution in [-0.2, 0) is 19.7 Å². The molecule has 1 N–H and O–H groups in total. The topological polar surface area (TPSA) is 76.5 Å². The number of carbonyl (C=O) groups is 2. The molecule has 2 amide bonds. The van der Waals surface area contributed by atoms with Crippen molar-refractivity contribution in [1.82, 2.24) is 15.1 Å². The van der Waals surface area contributed by atoms with Crippen LogP contribution in [0.2, 0.25) is 0 Å². The highest BCUT2D eigenvalue weighted by Crippen LogP contribution is 2.49. The van der Waals surface area contributed by atoms with Crippen molar-refractivity contribution in [2.24, 2.45) is 0 Å². The van der Waals surface area contributed by atoms with Crippen molar-refractivity contribution >= 4 is 40.7 Å². The van der Waals surface area contributed by atoms with Crippen LogP contribution in [0.4, 0.5) is 5.82 Å². The van der Waals surface area contributed by atoms with E-state index in [2.05, 4.69) is 57.4 Å². The number of nitrogens with one attached hydrogen (secondary N) is 1. The second-order valence-electron chi connectivity index (χ2n) is 10.00. The molecule has 1 aromatic carbocycles. The van der Waals surface area contributed by atoms with Crippen LogP contribution in [0.15, 0.2) is 35.7 Å². The lowest BCUT2D eigenvalue weighted by atomic mass is 9.88. The van der Waals surface area contributed by atoms with Crippen LogP contribution in [-0.4, -0.2) is 54.2 Å². The van der Waals surface area contributed by atoms with Crippen LogP contribution in [0.1, 0.15) is 53.3 Å². The molecule has 3 heterocycles. The lowest BCUT2D eigenvalue weighted by Crippen LogP contribution is -2.43. The van der Waals surface area contributed by atoms with Gasteiger partial charge in [-0.25, -0.2) is 4.68 Å². The monoisotopic (exact) mass is 526 g/mol. The van der Waals surface area contributed by atoms with Gasteiger partial charge in [-0.05, 0) is 42.5 Å². The Hall–Kier alpha value is -2.62. The minimum atomic E-state index is -0.275. The van der Waals surface area contributed by atoms with Crippen molar-refractivity contribution in [3.63, 3.8) is 0 Å². The number of benzene rings is 1. The van der Waals surface area contributed by atoms with E-state index in [9.17, 15) is 9.59 Å². The number of methoxy groups -OCH3 is 1. The van der Waals surface area contributed by atoms with Gasteiger partial charge < -0.3 is 10.1 Å². The molecule has 4 rings (SSSR count). The Labute approximate surface area is 221 Å². The lowest BCUT2D eigenvalue weighted by Gasteiger charge is -2.24. The SMILES string of the molecule is COCCNC(=O)CN1C(=O)CSC(c2cccs2)c2c(C(C)(C)C)nn(-c3cccc(C)c3C)c21. The van der Waals surface area contributed by atoms with E-state index in [1.807, 2.05) is 22.9 Å². The van der Waals surface area contributed by atoms with Crippen LogP contribution in [0, 0.1) is 13.8 Å². The van der Waals surface area contributed by atoms with Crippen LogP contribution in [0.3, 0.4) is 0 Å². The summed E-state index contributed by atoms with van der Waals surface area (Å²) in [6.45, 7) is 11.3. The Kier molecular flexibility index (Phi) is 7.92. The number of thiophene rings is 1. The number of rotatable bonds is 7. The van der Waals surface area contributed by atoms with Gasteiger partial charge in [-0.1, -0.05) is 39.0 Å². The van der Waals surface area contributed by atoms with Gasteiger partial charge in [0.2, 0.25) is 11.8 Å². The van der Waals surface area contributed by atoms with E-state index in [1.54, 1.807) is 35.1 Å². The maximum absolute atomic E-state index is 13.6. The molecular weight excluding hydrogens is 492 g/mol. The normalized spacial score (nSPS) is 16.1. The summed E-state index contributed by atoms with van der Waals surface area (Å²) < 4.78 is 6.96. The number of aromatic nitrogens is 2. The molecule has 1 aliphatic heterocycles. The summed E-state index contributed by atoms with van der Waals surface area (Å²) in [6.07, 6.45) is 0. The molecule has 2 aromatic heterocycles. The van der Waals surface area contributed by atoms with Gasteiger partial charge in [-0.2, -0.15) is 5.10 Å². The Balaban J connectivity index is 1.97. The molecule has 3 aromatic rings. The zero-order valence-corrected chi connectivity index (χ0v) is 23.4. The molecule has 0 radical (unpaired) electrons. The van der Waals surface area contributed by atoms with Gasteiger partial charge in [0.25, 0.3) is 0 Å². The minimum absolute atomic E-state index is 0.0569. The first kappa shape index (κ1) is 26.4. The van der Waals surface area contributed by atoms with E-state index in [1.165, 1.54) is 4.88 Å². The molecule has 0 spiro atoms. The van der Waals surface area contributed by atoms with E-state index in [-0.39, 0.29) is 34.8 Å². The highest BCUT2D eigenvalue weighted by Gasteiger charge is 2.40. The molecule has 1 aliphatic rings. The average Bonchev–Trinajstić information content (AvgIpc) is 3.46. The Morgan fingerprint density at radius 1 is 1.22 bits per heavy atom. The second-order valence-corrected chi connectivity index (χ2v) is 12.1. The number of hydrogen-bond acceptors (Lipinski definition) is 6. The van der Waals surface area contributed by atoms with E-state index in [0.717, 1.165) is 28.1 Å². The molecule has 0 bridgehead atoms. The largest absolute Gasteiger partial charge is 0.383 e. The molecule has 192 valence electrons. The van der Waals surface area contributed by atoms with E-state index < -0.39 is 0 Å². The number of nitrogens with zero attached hydrogens (tertiary/aromatic N) is 3. The number of thioether (sulfide) groups is 1. The van der Waals surface area contributed by atoms with Crippen molar-refractivity contribution < 1.29 is 14.3 Å². The molecule has 9 heteroatoms. The first-order valence-corrected chi connectivity index (χ1v) is 14.0. The lowest BCUT2D eigenvalue weighted by molar-refractivity contribution is -0.123. The van der Waals surface area contributed by atoms with Gasteiger partial charge in [-0.3, -0.25) is 14.5 Å². The highest BCUT2D eigenvalue weighted by molar-refractivity contribution is 8.00. The third kappa shape index (κ3) is 5.23. The number of ether oxygens (including phenoxy) is 1. The standard InChI is InChI=1S/C27H34N4O3S2/c1-17-9-7-10-19(18(17)2)31-26-23(25(29-31)27(3,4)5)24(20-11-8-14-35-20)36-16-22(33)30(26)15-21(32)28-12-13-34-6/h7-11,14,24H,12-13,15-16H2,1-6H3,(H,28,32). The van der Waals surface area contributed by atoms with Crippen LogP contribution in [0.5, 0.6) is 0 Å². The van der Waals surface area contributed by atoms with Crippen molar-refractivity contribution in [2.45, 2.75) is 45.3 Å². The maximum Gasteiger partial charge on any atom is 0.240 e. The number of aryl methyl sites for hydroxylation is 1. The zero-order chi connectivity index (χ0) is 26.0. The summed E-state index contributed by atoms with van der Waals surface area (Å²) in [5.74, 6) is 0.633. The molecule has 1 atom stereocenters.